The van der Waals surface area contributed by atoms with Crippen LogP contribution in [0.2, 0.25) is 0 Å². The van der Waals surface area contributed by atoms with Crippen LogP contribution in [0.1, 0.15) is 46.5 Å². The van der Waals surface area contributed by atoms with Crippen molar-refractivity contribution in [3.05, 3.63) is 18.2 Å². The van der Waals surface area contributed by atoms with Gasteiger partial charge in [-0.05, 0) is 50.2 Å². The van der Waals surface area contributed by atoms with Gasteiger partial charge in [0.05, 0.1) is 5.60 Å². The normalized spacial score (nSPS) is 20.4. The largest absolute Gasteiger partial charge is 0.388 e. The van der Waals surface area contributed by atoms with Crippen molar-refractivity contribution in [2.24, 2.45) is 5.41 Å². The van der Waals surface area contributed by atoms with E-state index in [4.69, 9.17) is 0 Å². The molecule has 0 bridgehead atoms. The summed E-state index contributed by atoms with van der Waals surface area (Å²) in [6.45, 7) is 8.04. The molecule has 0 aliphatic heterocycles. The molecule has 0 amide bonds. The maximum Gasteiger partial charge on any atom is 0.128 e. The first-order valence-electron chi connectivity index (χ1n) is 7.60. The van der Waals surface area contributed by atoms with Crippen molar-refractivity contribution in [3.63, 3.8) is 0 Å². The topological polar surface area (TPSA) is 57.2 Å². The van der Waals surface area contributed by atoms with Gasteiger partial charge in [-0.15, -0.1) is 0 Å². The molecule has 1 aromatic rings. The van der Waals surface area contributed by atoms with Gasteiger partial charge in [-0.25, -0.2) is 4.98 Å². The minimum atomic E-state index is -0.592. The third-order valence-corrected chi connectivity index (χ3v) is 4.24. The number of rotatable bonds is 5. The number of nitrogens with zero attached hydrogens (tertiary/aromatic N) is 1. The number of hydrogen-bond acceptors (Lipinski definition) is 4. The zero-order valence-corrected chi connectivity index (χ0v) is 12.9. The van der Waals surface area contributed by atoms with E-state index in [9.17, 15) is 5.11 Å². The standard InChI is InChI=1S/C16H27N3O/c1-4-17-13-6-5-7-14(19-13)18-12-16(20)10-8-15(2,3)9-11-16/h5-7,20H,4,8-12H2,1-3H3,(H2,17,18,19). The second-order valence-electron chi connectivity index (χ2n) is 6.68. The molecule has 1 aromatic heterocycles. The monoisotopic (exact) mass is 277 g/mol. The van der Waals surface area contributed by atoms with Gasteiger partial charge in [0, 0.05) is 13.1 Å². The van der Waals surface area contributed by atoms with Gasteiger partial charge in [0.15, 0.2) is 0 Å². The Morgan fingerprint density at radius 2 is 1.70 bits per heavy atom. The molecule has 4 nitrogen and oxygen atoms in total. The zero-order chi connectivity index (χ0) is 14.6. The predicted molar refractivity (Wildman–Crippen MR) is 84.1 cm³/mol. The van der Waals surface area contributed by atoms with E-state index in [-0.39, 0.29) is 0 Å². The Kier molecular flexibility index (Phi) is 4.53. The molecule has 1 saturated carbocycles. The van der Waals surface area contributed by atoms with Crippen LogP contribution in [-0.2, 0) is 0 Å². The summed E-state index contributed by atoms with van der Waals surface area (Å²) in [5.74, 6) is 1.69. The smallest absolute Gasteiger partial charge is 0.128 e. The predicted octanol–water partition coefficient (Wildman–Crippen LogP) is 3.26. The maximum atomic E-state index is 10.6. The van der Waals surface area contributed by atoms with Crippen LogP contribution in [0.4, 0.5) is 11.6 Å². The molecule has 3 N–H and O–H groups in total. The number of hydrogen-bond donors (Lipinski definition) is 3. The van der Waals surface area contributed by atoms with Gasteiger partial charge < -0.3 is 15.7 Å². The third kappa shape index (κ3) is 4.10. The molecule has 112 valence electrons. The van der Waals surface area contributed by atoms with Crippen LogP contribution in [-0.4, -0.2) is 28.8 Å². The van der Waals surface area contributed by atoms with Crippen LogP contribution in [0.5, 0.6) is 0 Å². The zero-order valence-electron chi connectivity index (χ0n) is 12.9. The number of aromatic nitrogens is 1. The van der Waals surface area contributed by atoms with Crippen LogP contribution in [0.3, 0.4) is 0 Å². The quantitative estimate of drug-likeness (QED) is 0.773. The van der Waals surface area contributed by atoms with Crippen molar-refractivity contribution in [1.82, 2.24) is 4.98 Å². The second kappa shape index (κ2) is 6.00. The van der Waals surface area contributed by atoms with E-state index < -0.39 is 5.60 Å². The highest BCUT2D eigenvalue weighted by atomic mass is 16.3. The fraction of sp³-hybridized carbons (Fsp3) is 0.688. The van der Waals surface area contributed by atoms with Gasteiger partial charge >= 0.3 is 0 Å². The average Bonchev–Trinajstić information content (AvgIpc) is 2.42. The van der Waals surface area contributed by atoms with E-state index in [1.807, 2.05) is 25.1 Å². The van der Waals surface area contributed by atoms with E-state index >= 15 is 0 Å². The summed E-state index contributed by atoms with van der Waals surface area (Å²) in [5, 5.41) is 17.1. The van der Waals surface area contributed by atoms with Crippen LogP contribution >= 0.6 is 0 Å². The summed E-state index contributed by atoms with van der Waals surface area (Å²) < 4.78 is 0. The first-order valence-corrected chi connectivity index (χ1v) is 7.60. The van der Waals surface area contributed by atoms with Crippen molar-refractivity contribution in [2.45, 2.75) is 52.1 Å². The van der Waals surface area contributed by atoms with Crippen LogP contribution in [0.25, 0.3) is 0 Å². The molecule has 1 aliphatic rings. The number of nitrogens with one attached hydrogen (secondary N) is 2. The van der Waals surface area contributed by atoms with Crippen molar-refractivity contribution < 1.29 is 5.11 Å². The molecule has 4 heteroatoms. The maximum absolute atomic E-state index is 10.6. The summed E-state index contributed by atoms with van der Waals surface area (Å²) in [4.78, 5) is 4.47. The SMILES string of the molecule is CCNc1cccc(NCC2(O)CCC(C)(C)CC2)n1. The summed E-state index contributed by atoms with van der Waals surface area (Å²) in [7, 11) is 0. The lowest BCUT2D eigenvalue weighted by molar-refractivity contribution is -0.0145. The number of anilines is 2. The third-order valence-electron chi connectivity index (χ3n) is 4.24. The molecular formula is C16H27N3O. The van der Waals surface area contributed by atoms with Crippen LogP contribution in [0, 0.1) is 5.41 Å². The molecular weight excluding hydrogens is 250 g/mol. The van der Waals surface area contributed by atoms with E-state index in [0.717, 1.165) is 43.9 Å². The Morgan fingerprint density at radius 3 is 2.30 bits per heavy atom. The summed E-state index contributed by atoms with van der Waals surface area (Å²) in [6, 6.07) is 5.87. The first-order chi connectivity index (χ1) is 9.42. The highest BCUT2D eigenvalue weighted by Gasteiger charge is 2.36. The molecule has 0 unspecified atom stereocenters. The summed E-state index contributed by atoms with van der Waals surface area (Å²) in [6.07, 6.45) is 3.88. The molecule has 2 rings (SSSR count). The molecule has 0 atom stereocenters. The van der Waals surface area contributed by atoms with Crippen LogP contribution < -0.4 is 10.6 Å². The van der Waals surface area contributed by atoms with Crippen molar-refractivity contribution in [3.8, 4) is 0 Å². The van der Waals surface area contributed by atoms with Gasteiger partial charge in [0.1, 0.15) is 11.6 Å². The minimum Gasteiger partial charge on any atom is -0.388 e. The van der Waals surface area contributed by atoms with Gasteiger partial charge in [-0.3, -0.25) is 0 Å². The lowest BCUT2D eigenvalue weighted by Gasteiger charge is -2.40. The molecule has 20 heavy (non-hydrogen) atoms. The Bertz CT molecular complexity index is 435. The van der Waals surface area contributed by atoms with Gasteiger partial charge in [0.2, 0.25) is 0 Å². The molecule has 0 saturated heterocycles. The Balaban J connectivity index is 1.90. The van der Waals surface area contributed by atoms with Crippen LogP contribution in [0.15, 0.2) is 18.2 Å². The van der Waals surface area contributed by atoms with Crippen molar-refractivity contribution in [1.29, 1.82) is 0 Å². The molecule has 1 aliphatic carbocycles. The minimum absolute atomic E-state index is 0.370. The van der Waals surface area contributed by atoms with Gasteiger partial charge in [0.25, 0.3) is 0 Å². The Labute approximate surface area is 122 Å². The Morgan fingerprint density at radius 1 is 1.10 bits per heavy atom. The van der Waals surface area contributed by atoms with Gasteiger partial charge in [-0.2, -0.15) is 0 Å². The van der Waals surface area contributed by atoms with Crippen molar-refractivity contribution in [2.75, 3.05) is 23.7 Å². The van der Waals surface area contributed by atoms with Crippen molar-refractivity contribution >= 4 is 11.6 Å². The average molecular weight is 277 g/mol. The molecule has 1 heterocycles. The lowest BCUT2D eigenvalue weighted by atomic mass is 9.71. The molecule has 1 fully saturated rings. The first kappa shape index (κ1) is 15.1. The highest BCUT2D eigenvalue weighted by Crippen LogP contribution is 2.40. The van der Waals surface area contributed by atoms with E-state index in [2.05, 4.69) is 29.5 Å². The molecule has 0 radical (unpaired) electrons. The van der Waals surface area contributed by atoms with Gasteiger partial charge in [-0.1, -0.05) is 19.9 Å². The fourth-order valence-corrected chi connectivity index (χ4v) is 2.64. The Hall–Kier alpha value is -1.29. The fourth-order valence-electron chi connectivity index (χ4n) is 2.64. The van der Waals surface area contributed by atoms with E-state index in [1.165, 1.54) is 0 Å². The summed E-state index contributed by atoms with van der Waals surface area (Å²) in [5.41, 5.74) is -0.221. The molecule has 0 spiro atoms. The lowest BCUT2D eigenvalue weighted by Crippen LogP contribution is -2.42. The second-order valence-corrected chi connectivity index (χ2v) is 6.68. The summed E-state index contributed by atoms with van der Waals surface area (Å²) >= 11 is 0. The molecule has 0 aromatic carbocycles. The van der Waals surface area contributed by atoms with E-state index in [0.29, 0.717) is 12.0 Å². The highest BCUT2D eigenvalue weighted by molar-refractivity contribution is 5.45. The number of aliphatic hydroxyl groups is 1. The van der Waals surface area contributed by atoms with E-state index in [1.54, 1.807) is 0 Å². The number of pyridine rings is 1.